The van der Waals surface area contributed by atoms with Gasteiger partial charge in [0.2, 0.25) is 0 Å². The van der Waals surface area contributed by atoms with E-state index < -0.39 is 11.6 Å². The molecule has 0 aliphatic rings. The van der Waals surface area contributed by atoms with Gasteiger partial charge in [-0.3, -0.25) is 0 Å². The van der Waals surface area contributed by atoms with E-state index in [1.807, 2.05) is 6.92 Å². The number of hydrogen-bond donors (Lipinski definition) is 1. The maximum atomic E-state index is 14.1. The minimum absolute atomic E-state index is 0.0429. The molecule has 0 amide bonds. The minimum Gasteiger partial charge on any atom is -0.313 e. The molecule has 106 valence electrons. The lowest BCUT2D eigenvalue weighted by molar-refractivity contribution is 0.613. The molecule has 0 bridgehead atoms. The first-order valence-corrected chi connectivity index (χ1v) is 7.34. The van der Waals surface area contributed by atoms with E-state index in [1.54, 1.807) is 18.2 Å². The summed E-state index contributed by atoms with van der Waals surface area (Å²) in [4.78, 5) is 0. The molecule has 2 rings (SSSR count). The summed E-state index contributed by atoms with van der Waals surface area (Å²) in [5, 5.41) is 3.07. The molecule has 5 heteroatoms. The van der Waals surface area contributed by atoms with Crippen molar-refractivity contribution in [1.82, 2.24) is 5.32 Å². The van der Waals surface area contributed by atoms with Crippen molar-refractivity contribution < 1.29 is 8.78 Å². The van der Waals surface area contributed by atoms with Gasteiger partial charge in [-0.25, -0.2) is 8.78 Å². The van der Waals surface area contributed by atoms with Gasteiger partial charge < -0.3 is 5.32 Å². The fourth-order valence-electron chi connectivity index (χ4n) is 1.89. The Balaban J connectivity index is 2.41. The van der Waals surface area contributed by atoms with Gasteiger partial charge in [-0.2, -0.15) is 0 Å². The smallest absolute Gasteiger partial charge is 0.150 e. The van der Waals surface area contributed by atoms with Crippen LogP contribution in [0.3, 0.4) is 0 Å². The van der Waals surface area contributed by atoms with Crippen molar-refractivity contribution >= 4 is 27.5 Å². The Kier molecular flexibility index (Phi) is 5.13. The van der Waals surface area contributed by atoms with Gasteiger partial charge in [0.05, 0.1) is 5.02 Å². The molecule has 0 unspecified atom stereocenters. The maximum absolute atomic E-state index is 14.1. The van der Waals surface area contributed by atoms with Crippen LogP contribution in [-0.4, -0.2) is 6.54 Å². The van der Waals surface area contributed by atoms with Crippen molar-refractivity contribution in [2.45, 2.75) is 13.5 Å². The van der Waals surface area contributed by atoms with Gasteiger partial charge in [-0.05, 0) is 40.2 Å². The van der Waals surface area contributed by atoms with Crippen LogP contribution in [0.1, 0.15) is 12.5 Å². The summed E-state index contributed by atoms with van der Waals surface area (Å²) in [6, 6.07) is 7.87. The first-order valence-electron chi connectivity index (χ1n) is 6.17. The Bertz CT molecular complexity index is 632. The molecule has 0 fully saturated rings. The highest BCUT2D eigenvalue weighted by Crippen LogP contribution is 2.34. The highest BCUT2D eigenvalue weighted by Gasteiger charge is 2.15. The van der Waals surface area contributed by atoms with Crippen LogP contribution in [0.5, 0.6) is 0 Å². The molecular formula is C15H13BrClF2N. The van der Waals surface area contributed by atoms with Crippen LogP contribution in [0, 0.1) is 11.6 Å². The van der Waals surface area contributed by atoms with E-state index in [-0.39, 0.29) is 16.1 Å². The highest BCUT2D eigenvalue weighted by molar-refractivity contribution is 9.10. The van der Waals surface area contributed by atoms with Crippen LogP contribution in [0.25, 0.3) is 11.1 Å². The highest BCUT2D eigenvalue weighted by atomic mass is 79.9. The van der Waals surface area contributed by atoms with E-state index in [4.69, 9.17) is 11.6 Å². The van der Waals surface area contributed by atoms with E-state index in [1.165, 1.54) is 12.1 Å². The largest absolute Gasteiger partial charge is 0.313 e. The van der Waals surface area contributed by atoms with E-state index in [9.17, 15) is 8.78 Å². The average Bonchev–Trinajstić information content (AvgIpc) is 2.44. The molecule has 1 nitrogen and oxygen atoms in total. The van der Waals surface area contributed by atoms with Crippen LogP contribution < -0.4 is 5.32 Å². The fourth-order valence-corrected chi connectivity index (χ4v) is 2.36. The summed E-state index contributed by atoms with van der Waals surface area (Å²) >= 11 is 8.97. The van der Waals surface area contributed by atoms with Gasteiger partial charge >= 0.3 is 0 Å². The summed E-state index contributed by atoms with van der Waals surface area (Å²) < 4.78 is 28.7. The van der Waals surface area contributed by atoms with Gasteiger partial charge in [0, 0.05) is 22.1 Å². The molecule has 2 aromatic rings. The third kappa shape index (κ3) is 3.19. The summed E-state index contributed by atoms with van der Waals surface area (Å²) in [6.07, 6.45) is 0. The predicted molar refractivity (Wildman–Crippen MR) is 81.9 cm³/mol. The quantitative estimate of drug-likeness (QED) is 0.743. The molecule has 1 N–H and O–H groups in total. The molecule has 0 aromatic heterocycles. The van der Waals surface area contributed by atoms with Crippen LogP contribution >= 0.6 is 27.5 Å². The Morgan fingerprint density at radius 3 is 2.50 bits per heavy atom. The van der Waals surface area contributed by atoms with Crippen LogP contribution in [-0.2, 0) is 6.54 Å². The molecule has 0 saturated heterocycles. The Morgan fingerprint density at radius 2 is 1.85 bits per heavy atom. The number of benzene rings is 2. The van der Waals surface area contributed by atoms with Gasteiger partial charge in [0.15, 0.2) is 5.82 Å². The van der Waals surface area contributed by atoms with Crippen LogP contribution in [0.15, 0.2) is 34.8 Å². The predicted octanol–water partition coefficient (Wildman–Crippen LogP) is 5.16. The van der Waals surface area contributed by atoms with Crippen molar-refractivity contribution in [3.63, 3.8) is 0 Å². The molecule has 0 spiro atoms. The maximum Gasteiger partial charge on any atom is 0.150 e. The molecule has 2 aromatic carbocycles. The number of hydrogen-bond acceptors (Lipinski definition) is 1. The minimum atomic E-state index is -0.626. The van der Waals surface area contributed by atoms with E-state index in [0.717, 1.165) is 12.1 Å². The number of nitrogens with one attached hydrogen (secondary N) is 1. The average molecular weight is 361 g/mol. The lowest BCUT2D eigenvalue weighted by Crippen LogP contribution is -2.11. The summed E-state index contributed by atoms with van der Waals surface area (Å²) in [5.41, 5.74) is 1.18. The number of halogens is 4. The van der Waals surface area contributed by atoms with Gasteiger partial charge in [-0.1, -0.05) is 36.7 Å². The summed E-state index contributed by atoms with van der Waals surface area (Å²) in [5.74, 6) is -1.09. The third-order valence-electron chi connectivity index (χ3n) is 2.94. The van der Waals surface area contributed by atoms with Crippen LogP contribution in [0.2, 0.25) is 5.02 Å². The second-order valence-corrected chi connectivity index (χ2v) is 5.55. The zero-order valence-electron chi connectivity index (χ0n) is 10.8. The van der Waals surface area contributed by atoms with E-state index in [2.05, 4.69) is 21.2 Å². The number of rotatable bonds is 4. The zero-order chi connectivity index (χ0) is 14.7. The second kappa shape index (κ2) is 6.66. The standard InChI is InChI=1S/C15H13BrClF2N/c1-2-20-8-9-3-4-10(13(18)7-9)11-5-6-12(16)14(17)15(11)19/h3-7,20H,2,8H2,1H3. The molecular weight excluding hydrogens is 348 g/mol. The van der Waals surface area contributed by atoms with Gasteiger partial charge in [-0.15, -0.1) is 0 Å². The summed E-state index contributed by atoms with van der Waals surface area (Å²) in [6.45, 7) is 3.36. The van der Waals surface area contributed by atoms with Crippen molar-refractivity contribution in [2.75, 3.05) is 6.54 Å². The Morgan fingerprint density at radius 1 is 1.15 bits per heavy atom. The second-order valence-electron chi connectivity index (χ2n) is 4.32. The van der Waals surface area contributed by atoms with Crippen molar-refractivity contribution in [1.29, 1.82) is 0 Å². The SMILES string of the molecule is CCNCc1ccc(-c2ccc(Br)c(Cl)c2F)c(F)c1. The molecule has 0 aliphatic carbocycles. The molecule has 0 radical (unpaired) electrons. The van der Waals surface area contributed by atoms with Gasteiger partial charge in [0.25, 0.3) is 0 Å². The lowest BCUT2D eigenvalue weighted by atomic mass is 10.0. The molecule has 20 heavy (non-hydrogen) atoms. The van der Waals surface area contributed by atoms with E-state index in [0.29, 0.717) is 11.0 Å². The normalized spacial score (nSPS) is 10.8. The van der Waals surface area contributed by atoms with Crippen LogP contribution in [0.4, 0.5) is 8.78 Å². The monoisotopic (exact) mass is 359 g/mol. The van der Waals surface area contributed by atoms with Crippen molar-refractivity contribution in [3.05, 3.63) is 57.0 Å². The topological polar surface area (TPSA) is 12.0 Å². The zero-order valence-corrected chi connectivity index (χ0v) is 13.2. The molecule has 0 aliphatic heterocycles. The lowest BCUT2D eigenvalue weighted by Gasteiger charge is -2.09. The molecule has 0 saturated carbocycles. The Hall–Kier alpha value is -0.970. The first kappa shape index (κ1) is 15.4. The third-order valence-corrected chi connectivity index (χ3v) is 4.20. The Labute approximate surface area is 130 Å². The molecule has 0 atom stereocenters. The molecule has 0 heterocycles. The van der Waals surface area contributed by atoms with Gasteiger partial charge in [0.1, 0.15) is 5.82 Å². The van der Waals surface area contributed by atoms with E-state index >= 15 is 0 Å². The van der Waals surface area contributed by atoms with Crippen molar-refractivity contribution in [3.8, 4) is 11.1 Å². The fraction of sp³-hybridized carbons (Fsp3) is 0.200. The first-order chi connectivity index (χ1) is 9.54. The summed E-state index contributed by atoms with van der Waals surface area (Å²) in [7, 11) is 0. The van der Waals surface area contributed by atoms with Crippen molar-refractivity contribution in [2.24, 2.45) is 0 Å².